The zero-order valence-electron chi connectivity index (χ0n) is 18.7. The Hall–Kier alpha value is -3.39. The van der Waals surface area contributed by atoms with Gasteiger partial charge in [-0.2, -0.15) is 0 Å². The van der Waals surface area contributed by atoms with Gasteiger partial charge in [-0.1, -0.05) is 24.3 Å². The van der Waals surface area contributed by atoms with E-state index < -0.39 is 0 Å². The fourth-order valence-electron chi connectivity index (χ4n) is 3.90. The lowest BCUT2D eigenvalue weighted by Crippen LogP contribution is -2.30. The van der Waals surface area contributed by atoms with E-state index >= 15 is 0 Å². The van der Waals surface area contributed by atoms with Crippen LogP contribution in [0.25, 0.3) is 6.08 Å². The van der Waals surface area contributed by atoms with E-state index in [1.165, 1.54) is 6.26 Å². The Kier molecular flexibility index (Phi) is 6.70. The maximum absolute atomic E-state index is 12.5. The molecule has 0 radical (unpaired) electrons. The smallest absolute Gasteiger partial charge is 0.255 e. The maximum Gasteiger partial charge on any atom is 0.255 e. The predicted octanol–water partition coefficient (Wildman–Crippen LogP) is 3.25. The summed E-state index contributed by atoms with van der Waals surface area (Å²) in [5.74, 6) is 3.04. The molecular weight excluding hydrogens is 406 g/mol. The summed E-state index contributed by atoms with van der Waals surface area (Å²) in [6, 6.07) is 9.45. The van der Waals surface area contributed by atoms with Gasteiger partial charge in [0, 0.05) is 32.6 Å². The SMILES string of the molecule is COc1ccc(C=CCN2CCc3nnc(C(C)NC(=O)c4ccoc4C)n3CC2)cc1. The second-order valence-electron chi connectivity index (χ2n) is 7.94. The summed E-state index contributed by atoms with van der Waals surface area (Å²) in [5, 5.41) is 11.8. The lowest BCUT2D eigenvalue weighted by Gasteiger charge is -2.18. The van der Waals surface area contributed by atoms with Crippen molar-refractivity contribution in [3.05, 3.63) is 71.2 Å². The minimum absolute atomic E-state index is 0.167. The number of benzene rings is 1. The van der Waals surface area contributed by atoms with Crippen LogP contribution in [0.15, 0.2) is 47.1 Å². The van der Waals surface area contributed by atoms with E-state index in [0.717, 1.165) is 55.6 Å². The van der Waals surface area contributed by atoms with Crippen molar-refractivity contribution in [1.29, 1.82) is 0 Å². The number of nitrogens with zero attached hydrogens (tertiary/aromatic N) is 4. The van der Waals surface area contributed by atoms with Crippen molar-refractivity contribution in [3.8, 4) is 5.75 Å². The van der Waals surface area contributed by atoms with Gasteiger partial charge in [0.1, 0.15) is 17.3 Å². The molecule has 8 nitrogen and oxygen atoms in total. The zero-order chi connectivity index (χ0) is 22.5. The van der Waals surface area contributed by atoms with Gasteiger partial charge in [-0.05, 0) is 37.6 Å². The average molecular weight is 436 g/mol. The number of fused-ring (bicyclic) bond motifs is 1. The molecule has 3 aromatic rings. The third-order valence-corrected chi connectivity index (χ3v) is 5.78. The molecule has 0 bridgehead atoms. The van der Waals surface area contributed by atoms with Crippen LogP contribution in [0.5, 0.6) is 5.75 Å². The van der Waals surface area contributed by atoms with Crippen LogP contribution in [0.1, 0.15) is 46.3 Å². The van der Waals surface area contributed by atoms with Gasteiger partial charge >= 0.3 is 0 Å². The highest BCUT2D eigenvalue weighted by Gasteiger charge is 2.23. The summed E-state index contributed by atoms with van der Waals surface area (Å²) >= 11 is 0. The third-order valence-electron chi connectivity index (χ3n) is 5.78. The normalized spacial score (nSPS) is 15.3. The number of aromatic nitrogens is 3. The van der Waals surface area contributed by atoms with Crippen LogP contribution >= 0.6 is 0 Å². The molecule has 1 aliphatic rings. The molecular formula is C24H29N5O3. The molecule has 0 saturated heterocycles. The highest BCUT2D eigenvalue weighted by Crippen LogP contribution is 2.18. The molecule has 1 unspecified atom stereocenters. The molecule has 8 heteroatoms. The van der Waals surface area contributed by atoms with E-state index in [4.69, 9.17) is 9.15 Å². The van der Waals surface area contributed by atoms with Gasteiger partial charge in [-0.15, -0.1) is 10.2 Å². The fraction of sp³-hybridized carbons (Fsp3) is 0.375. The van der Waals surface area contributed by atoms with Crippen molar-refractivity contribution in [2.45, 2.75) is 32.9 Å². The molecule has 32 heavy (non-hydrogen) atoms. The second-order valence-corrected chi connectivity index (χ2v) is 7.94. The molecule has 0 saturated carbocycles. The summed E-state index contributed by atoms with van der Waals surface area (Å²) in [6.07, 6.45) is 6.66. The minimum atomic E-state index is -0.250. The minimum Gasteiger partial charge on any atom is -0.497 e. The molecule has 0 fully saturated rings. The lowest BCUT2D eigenvalue weighted by atomic mass is 10.2. The number of carbonyl (C=O) groups is 1. The topological polar surface area (TPSA) is 85.4 Å². The van der Waals surface area contributed by atoms with E-state index in [2.05, 4.69) is 37.1 Å². The predicted molar refractivity (Wildman–Crippen MR) is 122 cm³/mol. The molecule has 2 aromatic heterocycles. The first kappa shape index (κ1) is 21.8. The van der Waals surface area contributed by atoms with Crippen LogP contribution in [0.3, 0.4) is 0 Å². The van der Waals surface area contributed by atoms with Crippen molar-refractivity contribution < 1.29 is 13.9 Å². The van der Waals surface area contributed by atoms with Crippen LogP contribution in [-0.4, -0.2) is 52.3 Å². The largest absolute Gasteiger partial charge is 0.497 e. The van der Waals surface area contributed by atoms with Crippen LogP contribution in [0.4, 0.5) is 0 Å². The highest BCUT2D eigenvalue weighted by molar-refractivity contribution is 5.95. The molecule has 0 aliphatic carbocycles. The first-order valence-corrected chi connectivity index (χ1v) is 10.8. The first-order chi connectivity index (χ1) is 15.5. The van der Waals surface area contributed by atoms with Crippen molar-refractivity contribution in [3.63, 3.8) is 0 Å². The van der Waals surface area contributed by atoms with Gasteiger partial charge in [-0.25, -0.2) is 0 Å². The summed E-state index contributed by atoms with van der Waals surface area (Å²) in [4.78, 5) is 14.9. The van der Waals surface area contributed by atoms with Gasteiger partial charge in [0.25, 0.3) is 5.91 Å². The van der Waals surface area contributed by atoms with Gasteiger partial charge < -0.3 is 19.0 Å². The average Bonchev–Trinajstić information content (AvgIpc) is 3.36. The number of methoxy groups -OCH3 is 1. The molecule has 1 amide bonds. The van der Waals surface area contributed by atoms with Crippen LogP contribution in [0.2, 0.25) is 0 Å². The maximum atomic E-state index is 12.5. The Bertz CT molecular complexity index is 1080. The van der Waals surface area contributed by atoms with Gasteiger partial charge in [0.15, 0.2) is 5.82 Å². The number of furan rings is 1. The number of rotatable bonds is 7. The first-order valence-electron chi connectivity index (χ1n) is 10.8. The lowest BCUT2D eigenvalue weighted by molar-refractivity contribution is 0.0936. The van der Waals surface area contributed by atoms with Gasteiger partial charge in [0.2, 0.25) is 0 Å². The van der Waals surface area contributed by atoms with Crippen molar-refractivity contribution >= 4 is 12.0 Å². The Labute approximate surface area is 187 Å². The van der Waals surface area contributed by atoms with Crippen molar-refractivity contribution in [2.24, 2.45) is 0 Å². The zero-order valence-corrected chi connectivity index (χ0v) is 18.7. The Morgan fingerprint density at radius 1 is 1.22 bits per heavy atom. The number of amides is 1. The standard InChI is InChI=1S/C24H29N5O3/c1-17(25-24(30)21-11-16-32-18(21)2)23-27-26-22-10-13-28(14-15-29(22)23)12-4-5-19-6-8-20(31-3)9-7-19/h4-9,11,16-17H,10,12-15H2,1-3H3,(H,25,30). The highest BCUT2D eigenvalue weighted by atomic mass is 16.5. The third kappa shape index (κ3) is 4.91. The van der Waals surface area contributed by atoms with Crippen LogP contribution < -0.4 is 10.1 Å². The number of ether oxygens (including phenoxy) is 1. The molecule has 1 atom stereocenters. The summed E-state index contributed by atoms with van der Waals surface area (Å²) < 4.78 is 12.6. The van der Waals surface area contributed by atoms with Crippen LogP contribution in [-0.2, 0) is 13.0 Å². The molecule has 0 spiro atoms. The number of hydrogen-bond donors (Lipinski definition) is 1. The molecule has 3 heterocycles. The van der Waals surface area contributed by atoms with E-state index in [-0.39, 0.29) is 11.9 Å². The van der Waals surface area contributed by atoms with E-state index in [0.29, 0.717) is 11.3 Å². The fourth-order valence-corrected chi connectivity index (χ4v) is 3.90. The van der Waals surface area contributed by atoms with E-state index in [9.17, 15) is 4.79 Å². The summed E-state index contributed by atoms with van der Waals surface area (Å²) in [7, 11) is 1.67. The number of carbonyl (C=O) groups excluding carboxylic acids is 1. The van der Waals surface area contributed by atoms with E-state index in [1.54, 1.807) is 20.1 Å². The molecule has 4 rings (SSSR count). The van der Waals surface area contributed by atoms with Crippen molar-refractivity contribution in [2.75, 3.05) is 26.7 Å². The summed E-state index contributed by atoms with van der Waals surface area (Å²) in [6.45, 7) is 7.18. The van der Waals surface area contributed by atoms with Crippen LogP contribution in [0, 0.1) is 6.92 Å². The Morgan fingerprint density at radius 2 is 2.03 bits per heavy atom. The Balaban J connectivity index is 1.35. The number of hydrogen-bond acceptors (Lipinski definition) is 6. The molecule has 1 aromatic carbocycles. The quantitative estimate of drug-likeness (QED) is 0.613. The second kappa shape index (κ2) is 9.82. The molecule has 1 N–H and O–H groups in total. The number of nitrogens with one attached hydrogen (secondary N) is 1. The Morgan fingerprint density at radius 3 is 2.75 bits per heavy atom. The number of aryl methyl sites for hydroxylation is 1. The molecule has 168 valence electrons. The van der Waals surface area contributed by atoms with Gasteiger partial charge in [0.05, 0.1) is 25.0 Å². The molecule has 1 aliphatic heterocycles. The van der Waals surface area contributed by atoms with E-state index in [1.807, 2.05) is 31.2 Å². The van der Waals surface area contributed by atoms with Crippen molar-refractivity contribution in [1.82, 2.24) is 25.0 Å². The summed E-state index contributed by atoms with van der Waals surface area (Å²) in [5.41, 5.74) is 1.69. The van der Waals surface area contributed by atoms with Gasteiger partial charge in [-0.3, -0.25) is 9.69 Å². The monoisotopic (exact) mass is 435 g/mol.